The van der Waals surface area contributed by atoms with Crippen molar-refractivity contribution in [3.8, 4) is 22.5 Å². The van der Waals surface area contributed by atoms with Gasteiger partial charge in [0.15, 0.2) is 0 Å². The smallest absolute Gasteiger partial charge is 0.0708 e. The lowest BCUT2D eigenvalue weighted by molar-refractivity contribution is 0.201. The highest BCUT2D eigenvalue weighted by Crippen LogP contribution is 2.29. The SMILES string of the molecule is Cc1ccc(N(Cc2ccnc(-c3ccccc3C)c2)C2CCN(Cc3ccnc(-c4ccccc4C)c3)CC2)cc1.Cl.Cl.Cl. The molecule has 7 heteroatoms. The third kappa shape index (κ3) is 8.86. The monoisotopic (exact) mass is 660 g/mol. The van der Waals surface area contributed by atoms with E-state index in [1.165, 1.54) is 44.6 Å². The molecule has 0 unspecified atom stereocenters. The molecule has 236 valence electrons. The minimum atomic E-state index is 0. The predicted molar refractivity (Wildman–Crippen MR) is 196 cm³/mol. The molecule has 4 nitrogen and oxygen atoms in total. The van der Waals surface area contributed by atoms with Gasteiger partial charge in [0, 0.05) is 61.4 Å². The second kappa shape index (κ2) is 16.8. The van der Waals surface area contributed by atoms with Crippen LogP contribution in [0.2, 0.25) is 0 Å². The van der Waals surface area contributed by atoms with Gasteiger partial charge in [-0.3, -0.25) is 14.9 Å². The number of rotatable bonds is 8. The van der Waals surface area contributed by atoms with Crippen molar-refractivity contribution in [2.24, 2.45) is 0 Å². The Hall–Kier alpha value is -3.41. The summed E-state index contributed by atoms with van der Waals surface area (Å²) in [6, 6.07) is 35.4. The second-order valence-electron chi connectivity index (χ2n) is 11.7. The molecule has 3 heterocycles. The third-order valence-corrected chi connectivity index (χ3v) is 8.61. The number of benzene rings is 3. The Kier molecular flexibility index (Phi) is 13.4. The summed E-state index contributed by atoms with van der Waals surface area (Å²) in [4.78, 5) is 14.6. The van der Waals surface area contributed by atoms with Gasteiger partial charge in [-0.2, -0.15) is 0 Å². The summed E-state index contributed by atoms with van der Waals surface area (Å²) in [7, 11) is 0. The van der Waals surface area contributed by atoms with Gasteiger partial charge in [-0.1, -0.05) is 66.2 Å². The lowest BCUT2D eigenvalue weighted by atomic mass is 9.99. The highest BCUT2D eigenvalue weighted by Gasteiger charge is 2.25. The third-order valence-electron chi connectivity index (χ3n) is 8.61. The Morgan fingerprint density at radius 3 is 1.71 bits per heavy atom. The minimum absolute atomic E-state index is 0. The quantitative estimate of drug-likeness (QED) is 0.166. The van der Waals surface area contributed by atoms with E-state index in [0.29, 0.717) is 6.04 Å². The van der Waals surface area contributed by atoms with Crippen LogP contribution in [0.4, 0.5) is 5.69 Å². The van der Waals surface area contributed by atoms with Crippen LogP contribution >= 0.6 is 37.2 Å². The highest BCUT2D eigenvalue weighted by molar-refractivity contribution is 5.86. The van der Waals surface area contributed by atoms with E-state index in [0.717, 1.165) is 50.4 Å². The maximum absolute atomic E-state index is 4.73. The fraction of sp³-hybridized carbons (Fsp3) is 0.263. The molecule has 45 heavy (non-hydrogen) atoms. The van der Waals surface area contributed by atoms with Crippen LogP contribution in [-0.4, -0.2) is 34.0 Å². The number of hydrogen-bond acceptors (Lipinski definition) is 4. The lowest BCUT2D eigenvalue weighted by Crippen LogP contribution is -2.44. The van der Waals surface area contributed by atoms with Crippen LogP contribution in [0.5, 0.6) is 0 Å². The highest BCUT2D eigenvalue weighted by atomic mass is 35.5. The van der Waals surface area contributed by atoms with Crippen molar-refractivity contribution in [3.63, 3.8) is 0 Å². The number of halogens is 3. The number of aromatic nitrogens is 2. The van der Waals surface area contributed by atoms with Crippen molar-refractivity contribution >= 4 is 42.9 Å². The van der Waals surface area contributed by atoms with Gasteiger partial charge in [0.1, 0.15) is 0 Å². The van der Waals surface area contributed by atoms with E-state index < -0.39 is 0 Å². The van der Waals surface area contributed by atoms with Gasteiger partial charge in [0.2, 0.25) is 0 Å². The zero-order valence-electron chi connectivity index (χ0n) is 26.2. The fourth-order valence-corrected chi connectivity index (χ4v) is 6.17. The molecule has 0 N–H and O–H groups in total. The molecule has 1 aliphatic rings. The zero-order chi connectivity index (χ0) is 28.9. The summed E-state index contributed by atoms with van der Waals surface area (Å²) >= 11 is 0. The Balaban J connectivity index is 0.00000184. The van der Waals surface area contributed by atoms with Crippen molar-refractivity contribution < 1.29 is 0 Å². The number of pyridine rings is 2. The number of nitrogens with zero attached hydrogens (tertiary/aromatic N) is 4. The van der Waals surface area contributed by atoms with E-state index >= 15 is 0 Å². The molecular weight excluding hydrogens is 619 g/mol. The maximum atomic E-state index is 4.73. The Bertz CT molecular complexity index is 1650. The average molecular weight is 662 g/mol. The van der Waals surface area contributed by atoms with E-state index in [1.807, 2.05) is 12.4 Å². The van der Waals surface area contributed by atoms with Crippen LogP contribution in [0, 0.1) is 20.8 Å². The zero-order valence-corrected chi connectivity index (χ0v) is 28.7. The van der Waals surface area contributed by atoms with Crippen LogP contribution in [0.3, 0.4) is 0 Å². The number of hydrogen-bond donors (Lipinski definition) is 0. The van der Waals surface area contributed by atoms with Gasteiger partial charge < -0.3 is 4.90 Å². The van der Waals surface area contributed by atoms with Gasteiger partial charge in [-0.25, -0.2) is 0 Å². The summed E-state index contributed by atoms with van der Waals surface area (Å²) in [5, 5.41) is 0. The fourth-order valence-electron chi connectivity index (χ4n) is 6.17. The number of piperidine rings is 1. The molecule has 1 fully saturated rings. The normalized spacial score (nSPS) is 13.2. The molecule has 0 spiro atoms. The van der Waals surface area contributed by atoms with Crippen molar-refractivity contribution in [1.29, 1.82) is 0 Å². The molecule has 5 aromatic rings. The van der Waals surface area contributed by atoms with Gasteiger partial charge in [0.05, 0.1) is 11.4 Å². The first kappa shape index (κ1) is 36.1. The summed E-state index contributed by atoms with van der Waals surface area (Å²) in [5.41, 5.74) is 12.3. The molecule has 0 saturated carbocycles. The first-order valence-corrected chi connectivity index (χ1v) is 15.1. The topological polar surface area (TPSA) is 32.3 Å². The van der Waals surface area contributed by atoms with Gasteiger partial charge >= 0.3 is 0 Å². The van der Waals surface area contributed by atoms with Crippen LogP contribution in [0.1, 0.15) is 40.7 Å². The van der Waals surface area contributed by atoms with Crippen molar-refractivity contribution in [2.75, 3.05) is 18.0 Å². The van der Waals surface area contributed by atoms with E-state index in [-0.39, 0.29) is 37.2 Å². The lowest BCUT2D eigenvalue weighted by Gasteiger charge is -2.40. The van der Waals surface area contributed by atoms with Crippen LogP contribution in [0.15, 0.2) is 109 Å². The Morgan fingerprint density at radius 2 is 1.16 bits per heavy atom. The summed E-state index contributed by atoms with van der Waals surface area (Å²) < 4.78 is 0. The van der Waals surface area contributed by atoms with Crippen LogP contribution in [-0.2, 0) is 13.1 Å². The molecule has 2 aromatic heterocycles. The van der Waals surface area contributed by atoms with Crippen LogP contribution < -0.4 is 4.90 Å². The van der Waals surface area contributed by atoms with Crippen LogP contribution in [0.25, 0.3) is 22.5 Å². The van der Waals surface area contributed by atoms with Crippen molar-refractivity contribution in [2.45, 2.75) is 52.7 Å². The number of aryl methyl sites for hydroxylation is 3. The molecule has 1 saturated heterocycles. The molecular formula is C38H43Cl3N4. The van der Waals surface area contributed by atoms with E-state index in [1.54, 1.807) is 0 Å². The average Bonchev–Trinajstić information content (AvgIpc) is 3.02. The molecule has 0 atom stereocenters. The molecule has 3 aromatic carbocycles. The standard InChI is InChI=1S/C38H40N4.3ClH/c1-28-12-14-33(15-13-28)42(27-32-17-21-40-38(25-32)36-11-7-5-9-30(36)3)34-18-22-41(23-19-34)26-31-16-20-39-37(24-31)35-10-6-4-8-29(35)2;;;/h4-17,20-21,24-25,34H,18-19,22-23,26-27H2,1-3H3;3*1H. The van der Waals surface area contributed by atoms with Crippen molar-refractivity contribution in [1.82, 2.24) is 14.9 Å². The minimum Gasteiger partial charge on any atom is -0.364 e. The number of anilines is 1. The molecule has 6 rings (SSSR count). The largest absolute Gasteiger partial charge is 0.364 e. The first-order valence-electron chi connectivity index (χ1n) is 15.1. The molecule has 1 aliphatic heterocycles. The van der Waals surface area contributed by atoms with Gasteiger partial charge in [-0.05, 0) is 92.3 Å². The van der Waals surface area contributed by atoms with E-state index in [9.17, 15) is 0 Å². The Labute approximate surface area is 287 Å². The summed E-state index contributed by atoms with van der Waals surface area (Å²) in [6.07, 6.45) is 6.20. The van der Waals surface area contributed by atoms with E-state index in [2.05, 4.69) is 133 Å². The molecule has 0 amide bonds. The van der Waals surface area contributed by atoms with Gasteiger partial charge in [-0.15, -0.1) is 37.2 Å². The summed E-state index contributed by atoms with van der Waals surface area (Å²) in [6.45, 7) is 10.5. The van der Waals surface area contributed by atoms with E-state index in [4.69, 9.17) is 4.98 Å². The number of likely N-dealkylation sites (tertiary alicyclic amines) is 1. The molecule has 0 radical (unpaired) electrons. The maximum Gasteiger partial charge on any atom is 0.0708 e. The van der Waals surface area contributed by atoms with Gasteiger partial charge in [0.25, 0.3) is 0 Å². The second-order valence-corrected chi connectivity index (χ2v) is 11.7. The molecule has 0 aliphatic carbocycles. The Morgan fingerprint density at radius 1 is 0.644 bits per heavy atom. The summed E-state index contributed by atoms with van der Waals surface area (Å²) in [5.74, 6) is 0. The molecule has 0 bridgehead atoms. The van der Waals surface area contributed by atoms with Crippen molar-refractivity contribution in [3.05, 3.63) is 137 Å². The predicted octanol–water partition coefficient (Wildman–Crippen LogP) is 9.67. The first-order chi connectivity index (χ1) is 20.5.